The van der Waals surface area contributed by atoms with Gasteiger partial charge in [0.25, 0.3) is 0 Å². The Morgan fingerprint density at radius 1 is 1.21 bits per heavy atom. The fourth-order valence-electron chi connectivity index (χ4n) is 2.84. The van der Waals surface area contributed by atoms with Crippen LogP contribution in [0.2, 0.25) is 0 Å². The Balaban J connectivity index is 1.50. The molecule has 0 aliphatic carbocycles. The summed E-state index contributed by atoms with van der Waals surface area (Å²) in [5.74, 6) is -0.295. The van der Waals surface area contributed by atoms with E-state index in [1.54, 1.807) is 0 Å². The molecule has 104 valence electrons. The molecule has 2 fully saturated rings. The molecular formula is C15H22N2O2. The average Bonchev–Trinajstić information content (AvgIpc) is 2.82. The topological polar surface area (TPSA) is 56.5 Å². The van der Waals surface area contributed by atoms with Gasteiger partial charge in [0.15, 0.2) is 5.79 Å². The summed E-state index contributed by atoms with van der Waals surface area (Å²) in [4.78, 5) is 0. The fourth-order valence-corrected chi connectivity index (χ4v) is 2.84. The number of rotatable bonds is 3. The molecule has 4 nitrogen and oxygen atoms in total. The number of anilines is 1. The first-order chi connectivity index (χ1) is 9.26. The van der Waals surface area contributed by atoms with Crippen LogP contribution in [0, 0.1) is 0 Å². The zero-order chi connectivity index (χ0) is 13.1. The maximum Gasteiger partial charge on any atom is 0.171 e. The minimum atomic E-state index is -0.295. The van der Waals surface area contributed by atoms with Crippen LogP contribution in [0.3, 0.4) is 0 Å². The lowest BCUT2D eigenvalue weighted by molar-refractivity contribution is -0.183. The monoisotopic (exact) mass is 262 g/mol. The van der Waals surface area contributed by atoms with E-state index in [0.29, 0.717) is 0 Å². The van der Waals surface area contributed by atoms with Crippen LogP contribution in [-0.4, -0.2) is 31.6 Å². The SMILES string of the molecule is Nc1ccc(CCC2COC3(CCNCC3)O2)cc1. The average molecular weight is 262 g/mol. The second kappa shape index (κ2) is 5.49. The smallest absolute Gasteiger partial charge is 0.171 e. The number of nitrogens with two attached hydrogens (primary N) is 1. The predicted molar refractivity (Wildman–Crippen MR) is 74.8 cm³/mol. The van der Waals surface area contributed by atoms with Crippen LogP contribution in [0.15, 0.2) is 24.3 Å². The molecule has 2 aliphatic rings. The number of benzene rings is 1. The van der Waals surface area contributed by atoms with Gasteiger partial charge in [-0.15, -0.1) is 0 Å². The number of hydrogen-bond acceptors (Lipinski definition) is 4. The second-order valence-corrected chi connectivity index (χ2v) is 5.49. The molecule has 0 saturated carbocycles. The minimum absolute atomic E-state index is 0.232. The quantitative estimate of drug-likeness (QED) is 0.814. The van der Waals surface area contributed by atoms with Crippen molar-refractivity contribution in [2.45, 2.75) is 37.6 Å². The van der Waals surface area contributed by atoms with Crippen LogP contribution in [0.4, 0.5) is 5.69 Å². The Morgan fingerprint density at radius 3 is 2.68 bits per heavy atom. The summed E-state index contributed by atoms with van der Waals surface area (Å²) in [6, 6.07) is 8.09. The Bertz CT molecular complexity index is 413. The maximum absolute atomic E-state index is 6.15. The van der Waals surface area contributed by atoms with Crippen molar-refractivity contribution in [3.8, 4) is 0 Å². The summed E-state index contributed by atoms with van der Waals surface area (Å²) in [6.07, 6.45) is 4.19. The van der Waals surface area contributed by atoms with Gasteiger partial charge in [-0.2, -0.15) is 0 Å². The Kier molecular flexibility index (Phi) is 3.73. The van der Waals surface area contributed by atoms with Gasteiger partial charge in [-0.05, 0) is 30.5 Å². The highest BCUT2D eigenvalue weighted by atomic mass is 16.7. The molecule has 2 aliphatic heterocycles. The molecular weight excluding hydrogens is 240 g/mol. The van der Waals surface area contributed by atoms with Gasteiger partial charge in [-0.1, -0.05) is 12.1 Å². The van der Waals surface area contributed by atoms with E-state index in [1.165, 1.54) is 5.56 Å². The van der Waals surface area contributed by atoms with E-state index in [-0.39, 0.29) is 11.9 Å². The van der Waals surface area contributed by atoms with E-state index in [9.17, 15) is 0 Å². The van der Waals surface area contributed by atoms with Crippen molar-refractivity contribution >= 4 is 5.69 Å². The zero-order valence-corrected chi connectivity index (χ0v) is 11.2. The number of nitrogen functional groups attached to an aromatic ring is 1. The van der Waals surface area contributed by atoms with Crippen LogP contribution in [0.1, 0.15) is 24.8 Å². The molecule has 1 spiro atoms. The molecule has 0 bridgehead atoms. The van der Waals surface area contributed by atoms with Crippen LogP contribution < -0.4 is 11.1 Å². The van der Waals surface area contributed by atoms with Gasteiger partial charge >= 0.3 is 0 Å². The highest BCUT2D eigenvalue weighted by molar-refractivity contribution is 5.39. The van der Waals surface area contributed by atoms with Crippen molar-refractivity contribution in [2.75, 3.05) is 25.4 Å². The third kappa shape index (κ3) is 3.08. The van der Waals surface area contributed by atoms with Gasteiger partial charge in [0, 0.05) is 31.6 Å². The van der Waals surface area contributed by atoms with Crippen LogP contribution in [0.25, 0.3) is 0 Å². The molecule has 2 heterocycles. The molecule has 0 radical (unpaired) electrons. The first-order valence-electron chi connectivity index (χ1n) is 7.13. The van der Waals surface area contributed by atoms with Gasteiger partial charge in [-0.3, -0.25) is 0 Å². The summed E-state index contributed by atoms with van der Waals surface area (Å²) in [5, 5.41) is 3.34. The van der Waals surface area contributed by atoms with Crippen molar-refractivity contribution in [3.05, 3.63) is 29.8 Å². The molecule has 3 rings (SSSR count). The Labute approximate surface area is 114 Å². The van der Waals surface area contributed by atoms with Crippen LogP contribution in [0.5, 0.6) is 0 Å². The van der Waals surface area contributed by atoms with Crippen molar-refractivity contribution < 1.29 is 9.47 Å². The summed E-state index contributed by atoms with van der Waals surface area (Å²) in [7, 11) is 0. The molecule has 0 aromatic heterocycles. The minimum Gasteiger partial charge on any atom is -0.399 e. The second-order valence-electron chi connectivity index (χ2n) is 5.49. The van der Waals surface area contributed by atoms with Gasteiger partial charge in [-0.25, -0.2) is 0 Å². The number of ether oxygens (including phenoxy) is 2. The molecule has 1 aromatic carbocycles. The van der Waals surface area contributed by atoms with Crippen LogP contribution in [-0.2, 0) is 15.9 Å². The largest absolute Gasteiger partial charge is 0.399 e. The Morgan fingerprint density at radius 2 is 1.95 bits per heavy atom. The van der Waals surface area contributed by atoms with Crippen molar-refractivity contribution in [1.29, 1.82) is 0 Å². The standard InChI is InChI=1S/C15H22N2O2/c16-13-4-1-12(2-5-13)3-6-14-11-18-15(19-14)7-9-17-10-8-15/h1-2,4-5,14,17H,3,6-11,16H2. The van der Waals surface area contributed by atoms with Gasteiger partial charge < -0.3 is 20.5 Å². The highest BCUT2D eigenvalue weighted by Gasteiger charge is 2.41. The molecule has 4 heteroatoms. The molecule has 1 unspecified atom stereocenters. The first kappa shape index (κ1) is 12.9. The third-order valence-electron chi connectivity index (χ3n) is 4.01. The predicted octanol–water partition coefficient (Wildman–Crippen LogP) is 1.70. The van der Waals surface area contributed by atoms with Crippen molar-refractivity contribution in [1.82, 2.24) is 5.32 Å². The molecule has 1 atom stereocenters. The Hall–Kier alpha value is -1.10. The van der Waals surface area contributed by atoms with E-state index in [4.69, 9.17) is 15.2 Å². The summed E-state index contributed by atoms with van der Waals surface area (Å²) in [6.45, 7) is 2.71. The van der Waals surface area contributed by atoms with Gasteiger partial charge in [0.05, 0.1) is 12.7 Å². The lowest BCUT2D eigenvalue weighted by Gasteiger charge is -2.32. The molecule has 0 amide bonds. The normalized spacial score (nSPS) is 25.8. The lowest BCUT2D eigenvalue weighted by atomic mass is 10.1. The van der Waals surface area contributed by atoms with Crippen LogP contribution >= 0.6 is 0 Å². The maximum atomic E-state index is 6.15. The summed E-state index contributed by atoms with van der Waals surface area (Å²) >= 11 is 0. The zero-order valence-electron chi connectivity index (χ0n) is 11.2. The number of piperidine rings is 1. The van der Waals surface area contributed by atoms with E-state index >= 15 is 0 Å². The number of nitrogens with one attached hydrogen (secondary N) is 1. The van der Waals surface area contributed by atoms with E-state index in [0.717, 1.165) is 51.1 Å². The fraction of sp³-hybridized carbons (Fsp3) is 0.600. The third-order valence-corrected chi connectivity index (χ3v) is 4.01. The summed E-state index contributed by atoms with van der Waals surface area (Å²) < 4.78 is 12.1. The molecule has 3 N–H and O–H groups in total. The highest BCUT2D eigenvalue weighted by Crippen LogP contribution is 2.33. The van der Waals surface area contributed by atoms with Gasteiger partial charge in [0.2, 0.25) is 0 Å². The number of hydrogen-bond donors (Lipinski definition) is 2. The first-order valence-corrected chi connectivity index (χ1v) is 7.13. The van der Waals surface area contributed by atoms with E-state index < -0.39 is 0 Å². The van der Waals surface area contributed by atoms with Gasteiger partial charge in [0.1, 0.15) is 0 Å². The molecule has 2 saturated heterocycles. The van der Waals surface area contributed by atoms with E-state index in [1.807, 2.05) is 12.1 Å². The number of aryl methyl sites for hydroxylation is 1. The van der Waals surface area contributed by atoms with Crippen molar-refractivity contribution in [2.24, 2.45) is 0 Å². The van der Waals surface area contributed by atoms with Crippen molar-refractivity contribution in [3.63, 3.8) is 0 Å². The lowest BCUT2D eigenvalue weighted by Crippen LogP contribution is -2.43. The van der Waals surface area contributed by atoms with E-state index in [2.05, 4.69) is 17.4 Å². The summed E-state index contributed by atoms with van der Waals surface area (Å²) in [5.41, 5.74) is 7.81. The molecule has 1 aromatic rings. The molecule has 19 heavy (non-hydrogen) atoms.